The van der Waals surface area contributed by atoms with E-state index in [9.17, 15) is 4.79 Å². The van der Waals surface area contributed by atoms with Gasteiger partial charge < -0.3 is 9.72 Å². The fraction of sp³-hybridized carbons (Fsp3) is 0.524. The molecule has 0 bridgehead atoms. The third-order valence-corrected chi connectivity index (χ3v) is 4.34. The molecular formula is C21H32N4O2. The Morgan fingerprint density at radius 3 is 2.56 bits per heavy atom. The van der Waals surface area contributed by atoms with Crippen LogP contribution in [0.15, 0.2) is 24.4 Å². The van der Waals surface area contributed by atoms with E-state index < -0.39 is 5.91 Å². The Kier molecular flexibility index (Phi) is 6.44. The SMILES string of the molecule is CC(C)(C)CCNCc1c(C(C)(C)C)nc2cc(/C=C/C(=O)NO)ccn12. The van der Waals surface area contributed by atoms with Gasteiger partial charge in [0.05, 0.1) is 11.4 Å². The molecule has 2 aromatic heterocycles. The Bertz CT molecular complexity index is 823. The number of hydrogen-bond acceptors (Lipinski definition) is 4. The Hall–Kier alpha value is -2.18. The molecule has 3 N–H and O–H groups in total. The average Bonchev–Trinajstić information content (AvgIpc) is 2.94. The number of fused-ring (bicyclic) bond motifs is 1. The molecule has 0 aromatic carbocycles. The first-order chi connectivity index (χ1) is 12.5. The summed E-state index contributed by atoms with van der Waals surface area (Å²) in [7, 11) is 0. The van der Waals surface area contributed by atoms with E-state index in [1.807, 2.05) is 18.3 Å². The average molecular weight is 373 g/mol. The zero-order chi connectivity index (χ0) is 20.2. The number of hydrogen-bond donors (Lipinski definition) is 3. The van der Waals surface area contributed by atoms with Crippen molar-refractivity contribution in [3.63, 3.8) is 0 Å². The highest BCUT2D eigenvalue weighted by molar-refractivity contribution is 5.90. The molecule has 0 radical (unpaired) electrons. The summed E-state index contributed by atoms with van der Waals surface area (Å²) in [6.07, 6.45) is 6.03. The minimum absolute atomic E-state index is 0.0696. The second-order valence-corrected chi connectivity index (χ2v) is 9.14. The largest absolute Gasteiger partial charge is 0.311 e. The number of aromatic nitrogens is 2. The predicted octanol–water partition coefficient (Wildman–Crippen LogP) is 3.68. The van der Waals surface area contributed by atoms with Gasteiger partial charge in [0.2, 0.25) is 0 Å². The summed E-state index contributed by atoms with van der Waals surface area (Å²) < 4.78 is 2.11. The van der Waals surface area contributed by atoms with Crippen molar-refractivity contribution < 1.29 is 10.0 Å². The summed E-state index contributed by atoms with van der Waals surface area (Å²) in [6.45, 7) is 14.9. The Labute approximate surface area is 161 Å². The second kappa shape index (κ2) is 8.23. The van der Waals surface area contributed by atoms with Crippen molar-refractivity contribution in [1.29, 1.82) is 0 Å². The predicted molar refractivity (Wildman–Crippen MR) is 109 cm³/mol. The molecule has 0 fully saturated rings. The van der Waals surface area contributed by atoms with Crippen LogP contribution in [0.3, 0.4) is 0 Å². The van der Waals surface area contributed by atoms with Crippen LogP contribution in [0.2, 0.25) is 0 Å². The van der Waals surface area contributed by atoms with Crippen molar-refractivity contribution in [2.75, 3.05) is 6.54 Å². The molecule has 0 aliphatic rings. The monoisotopic (exact) mass is 372 g/mol. The van der Waals surface area contributed by atoms with Gasteiger partial charge in [-0.1, -0.05) is 41.5 Å². The minimum Gasteiger partial charge on any atom is -0.311 e. The summed E-state index contributed by atoms with van der Waals surface area (Å²) >= 11 is 0. The number of amides is 1. The van der Waals surface area contributed by atoms with Crippen molar-refractivity contribution in [3.05, 3.63) is 41.4 Å². The number of nitrogens with zero attached hydrogens (tertiary/aromatic N) is 2. The third kappa shape index (κ3) is 5.91. The summed E-state index contributed by atoms with van der Waals surface area (Å²) in [5.41, 5.74) is 5.76. The van der Waals surface area contributed by atoms with E-state index in [0.717, 1.165) is 42.1 Å². The molecule has 27 heavy (non-hydrogen) atoms. The summed E-state index contributed by atoms with van der Waals surface area (Å²) in [5.74, 6) is -0.558. The van der Waals surface area contributed by atoms with Crippen LogP contribution >= 0.6 is 0 Å². The molecular weight excluding hydrogens is 340 g/mol. The summed E-state index contributed by atoms with van der Waals surface area (Å²) in [4.78, 5) is 16.0. The molecule has 0 saturated heterocycles. The van der Waals surface area contributed by atoms with Gasteiger partial charge in [-0.3, -0.25) is 10.0 Å². The van der Waals surface area contributed by atoms with Gasteiger partial charge >= 0.3 is 0 Å². The van der Waals surface area contributed by atoms with E-state index in [4.69, 9.17) is 10.2 Å². The number of nitrogens with one attached hydrogen (secondary N) is 2. The lowest BCUT2D eigenvalue weighted by Crippen LogP contribution is -2.23. The van der Waals surface area contributed by atoms with E-state index in [1.54, 1.807) is 11.6 Å². The minimum atomic E-state index is -0.558. The molecule has 2 aromatic rings. The van der Waals surface area contributed by atoms with Gasteiger partial charge in [0.25, 0.3) is 5.91 Å². The molecule has 0 aliphatic heterocycles. The molecule has 0 saturated carbocycles. The first kappa shape index (κ1) is 21.1. The molecule has 6 nitrogen and oxygen atoms in total. The van der Waals surface area contributed by atoms with Crippen LogP contribution in [0.5, 0.6) is 0 Å². The zero-order valence-electron chi connectivity index (χ0n) is 17.3. The summed E-state index contributed by atoms with van der Waals surface area (Å²) in [5, 5.41) is 12.1. The molecule has 1 amide bonds. The van der Waals surface area contributed by atoms with Crippen LogP contribution < -0.4 is 10.8 Å². The van der Waals surface area contributed by atoms with Crippen LogP contribution in [-0.4, -0.2) is 27.0 Å². The normalized spacial score (nSPS) is 12.9. The van der Waals surface area contributed by atoms with Gasteiger partial charge in [-0.15, -0.1) is 0 Å². The van der Waals surface area contributed by atoms with Crippen molar-refractivity contribution in [2.24, 2.45) is 5.41 Å². The molecule has 6 heteroatoms. The van der Waals surface area contributed by atoms with E-state index in [-0.39, 0.29) is 5.41 Å². The lowest BCUT2D eigenvalue weighted by molar-refractivity contribution is -0.124. The number of hydroxylamine groups is 1. The topological polar surface area (TPSA) is 78.7 Å². The molecule has 2 rings (SSSR count). The van der Waals surface area contributed by atoms with E-state index in [0.29, 0.717) is 5.41 Å². The highest BCUT2D eigenvalue weighted by Gasteiger charge is 2.23. The van der Waals surface area contributed by atoms with Crippen LogP contribution in [0.1, 0.15) is 64.9 Å². The molecule has 2 heterocycles. The zero-order valence-corrected chi connectivity index (χ0v) is 17.3. The van der Waals surface area contributed by atoms with Crippen molar-refractivity contribution >= 4 is 17.6 Å². The number of imidazole rings is 1. The molecule has 0 atom stereocenters. The van der Waals surface area contributed by atoms with E-state index >= 15 is 0 Å². The van der Waals surface area contributed by atoms with Crippen molar-refractivity contribution in [1.82, 2.24) is 20.2 Å². The van der Waals surface area contributed by atoms with E-state index in [2.05, 4.69) is 51.3 Å². The quantitative estimate of drug-likeness (QED) is 0.313. The van der Waals surface area contributed by atoms with Crippen LogP contribution in [-0.2, 0) is 16.8 Å². The highest BCUT2D eigenvalue weighted by atomic mass is 16.5. The Balaban J connectivity index is 2.30. The number of carbonyl (C=O) groups excluding carboxylic acids is 1. The van der Waals surface area contributed by atoms with Gasteiger partial charge in [0, 0.05) is 24.2 Å². The Morgan fingerprint density at radius 1 is 1.26 bits per heavy atom. The van der Waals surface area contributed by atoms with Crippen LogP contribution in [0.4, 0.5) is 0 Å². The maximum Gasteiger partial charge on any atom is 0.267 e. The molecule has 148 valence electrons. The van der Waals surface area contributed by atoms with Gasteiger partial charge in [0.15, 0.2) is 0 Å². The molecule has 0 spiro atoms. The lowest BCUT2D eigenvalue weighted by atomic mass is 9.90. The van der Waals surface area contributed by atoms with Gasteiger partial charge in [0.1, 0.15) is 5.65 Å². The first-order valence-electron chi connectivity index (χ1n) is 9.35. The standard InChI is InChI=1S/C21H32N4O2/c1-20(2,3)10-11-22-14-16-19(21(4,5)6)23-17-13-15(9-12-25(16)17)7-8-18(26)24-27/h7-9,12-13,22,27H,10-11,14H2,1-6H3,(H,24,26)/b8-7+. The van der Waals surface area contributed by atoms with Gasteiger partial charge in [-0.05, 0) is 42.2 Å². The maximum absolute atomic E-state index is 11.2. The third-order valence-electron chi connectivity index (χ3n) is 4.34. The highest BCUT2D eigenvalue weighted by Crippen LogP contribution is 2.27. The lowest BCUT2D eigenvalue weighted by Gasteiger charge is -2.20. The first-order valence-corrected chi connectivity index (χ1v) is 9.35. The fourth-order valence-corrected chi connectivity index (χ4v) is 2.86. The van der Waals surface area contributed by atoms with Crippen molar-refractivity contribution in [2.45, 2.75) is 59.9 Å². The van der Waals surface area contributed by atoms with Gasteiger partial charge in [-0.25, -0.2) is 10.5 Å². The van der Waals surface area contributed by atoms with E-state index in [1.165, 1.54) is 6.08 Å². The molecule has 0 aliphatic carbocycles. The Morgan fingerprint density at radius 2 is 1.96 bits per heavy atom. The molecule has 0 unspecified atom stereocenters. The second-order valence-electron chi connectivity index (χ2n) is 9.14. The number of carbonyl (C=O) groups is 1. The van der Waals surface area contributed by atoms with Crippen molar-refractivity contribution in [3.8, 4) is 0 Å². The fourth-order valence-electron chi connectivity index (χ4n) is 2.86. The van der Waals surface area contributed by atoms with Crippen LogP contribution in [0, 0.1) is 5.41 Å². The number of pyridine rings is 1. The number of rotatable bonds is 6. The maximum atomic E-state index is 11.2. The van der Waals surface area contributed by atoms with Crippen LogP contribution in [0.25, 0.3) is 11.7 Å². The van der Waals surface area contributed by atoms with Gasteiger partial charge in [-0.2, -0.15) is 0 Å². The summed E-state index contributed by atoms with van der Waals surface area (Å²) in [6, 6.07) is 3.87. The smallest absolute Gasteiger partial charge is 0.267 e.